The average Bonchev–Trinajstić information content (AvgIpc) is 2.94. The summed E-state index contributed by atoms with van der Waals surface area (Å²) in [7, 11) is 0. The van der Waals surface area contributed by atoms with E-state index >= 15 is 0 Å². The van der Waals surface area contributed by atoms with Gasteiger partial charge in [0.05, 0.1) is 0 Å². The van der Waals surface area contributed by atoms with Gasteiger partial charge in [-0.2, -0.15) is 11.8 Å². The minimum absolute atomic E-state index is 0.0881. The predicted molar refractivity (Wildman–Crippen MR) is 84.3 cm³/mol. The molecule has 1 aliphatic heterocycles. The molecular weight excluding hydrogens is 268 g/mol. The number of amides is 1. The largest absolute Gasteiger partial charge is 0.349 e. The van der Waals surface area contributed by atoms with Crippen molar-refractivity contribution in [1.29, 1.82) is 0 Å². The van der Waals surface area contributed by atoms with E-state index in [0.29, 0.717) is 11.3 Å². The first-order valence-electron chi connectivity index (χ1n) is 7.42. The smallest absolute Gasteiger partial charge is 0.251 e. The number of thioether (sulfide) groups is 1. The highest BCUT2D eigenvalue weighted by molar-refractivity contribution is 7.99. The molecule has 2 unspecified atom stereocenters. The van der Waals surface area contributed by atoms with Crippen molar-refractivity contribution in [2.24, 2.45) is 0 Å². The summed E-state index contributed by atoms with van der Waals surface area (Å²) in [6.45, 7) is 1.92. The van der Waals surface area contributed by atoms with E-state index in [0.717, 1.165) is 37.9 Å². The highest BCUT2D eigenvalue weighted by Gasteiger charge is 2.25. The van der Waals surface area contributed by atoms with Gasteiger partial charge < -0.3 is 10.6 Å². The Labute approximate surface area is 124 Å². The molecule has 0 aromatic heterocycles. The molecule has 0 bridgehead atoms. The van der Waals surface area contributed by atoms with Crippen LogP contribution < -0.4 is 10.6 Å². The number of carbonyl (C=O) groups excluding carboxylic acids is 1. The standard InChI is InChI=1S/C16H22N2OS/c1-20-15-5-4-14(9-15)18-16(19)12-3-2-11-6-7-17-10-13(11)8-12/h2-3,8,14-15,17H,4-7,9-10H2,1H3,(H,18,19). The van der Waals surface area contributed by atoms with Gasteiger partial charge in [0.2, 0.25) is 0 Å². The molecule has 1 fully saturated rings. The molecule has 3 nitrogen and oxygen atoms in total. The van der Waals surface area contributed by atoms with E-state index in [4.69, 9.17) is 0 Å². The third-order valence-electron chi connectivity index (χ3n) is 4.41. The summed E-state index contributed by atoms with van der Waals surface area (Å²) in [4.78, 5) is 12.3. The van der Waals surface area contributed by atoms with Crippen molar-refractivity contribution >= 4 is 17.7 Å². The fraction of sp³-hybridized carbons (Fsp3) is 0.562. The lowest BCUT2D eigenvalue weighted by Gasteiger charge is -2.18. The highest BCUT2D eigenvalue weighted by atomic mass is 32.2. The fourth-order valence-corrected chi connectivity index (χ4v) is 3.97. The monoisotopic (exact) mass is 290 g/mol. The molecule has 2 atom stereocenters. The summed E-state index contributed by atoms with van der Waals surface area (Å²) in [5.41, 5.74) is 3.46. The molecule has 20 heavy (non-hydrogen) atoms. The zero-order valence-electron chi connectivity index (χ0n) is 11.9. The lowest BCUT2D eigenvalue weighted by Crippen LogP contribution is -2.33. The molecule has 4 heteroatoms. The van der Waals surface area contributed by atoms with E-state index in [9.17, 15) is 4.79 Å². The third-order valence-corrected chi connectivity index (χ3v) is 5.50. The van der Waals surface area contributed by atoms with E-state index < -0.39 is 0 Å². The van der Waals surface area contributed by atoms with Crippen molar-refractivity contribution < 1.29 is 4.79 Å². The van der Waals surface area contributed by atoms with E-state index in [1.165, 1.54) is 17.5 Å². The number of benzene rings is 1. The topological polar surface area (TPSA) is 41.1 Å². The SMILES string of the molecule is CSC1CCC(NC(=O)c2ccc3c(c2)CNCC3)C1. The van der Waals surface area contributed by atoms with Gasteiger partial charge in [-0.05, 0) is 61.7 Å². The molecule has 1 aliphatic carbocycles. The van der Waals surface area contributed by atoms with Gasteiger partial charge in [0.15, 0.2) is 0 Å². The van der Waals surface area contributed by atoms with Crippen LogP contribution in [-0.2, 0) is 13.0 Å². The Kier molecular flexibility index (Phi) is 4.32. The Morgan fingerprint density at radius 2 is 2.25 bits per heavy atom. The highest BCUT2D eigenvalue weighted by Crippen LogP contribution is 2.28. The van der Waals surface area contributed by atoms with Crippen LogP contribution in [0.3, 0.4) is 0 Å². The second-order valence-electron chi connectivity index (χ2n) is 5.75. The lowest BCUT2D eigenvalue weighted by atomic mass is 9.98. The van der Waals surface area contributed by atoms with Crippen LogP contribution in [0.4, 0.5) is 0 Å². The summed E-state index contributed by atoms with van der Waals surface area (Å²) in [6.07, 6.45) is 6.67. The quantitative estimate of drug-likeness (QED) is 0.898. The third kappa shape index (κ3) is 3.01. The van der Waals surface area contributed by atoms with E-state index in [2.05, 4.69) is 29.0 Å². The number of carbonyl (C=O) groups is 1. The molecule has 1 heterocycles. The first-order chi connectivity index (χ1) is 9.76. The average molecular weight is 290 g/mol. The predicted octanol–water partition coefficient (Wildman–Crippen LogP) is 2.35. The summed E-state index contributed by atoms with van der Waals surface area (Å²) in [5.74, 6) is 0.0881. The van der Waals surface area contributed by atoms with Crippen LogP contribution in [0.1, 0.15) is 40.7 Å². The molecule has 1 aromatic carbocycles. The second-order valence-corrected chi connectivity index (χ2v) is 6.89. The van der Waals surface area contributed by atoms with Crippen molar-refractivity contribution in [3.63, 3.8) is 0 Å². The minimum Gasteiger partial charge on any atom is -0.349 e. The molecule has 0 radical (unpaired) electrons. The first kappa shape index (κ1) is 14.0. The van der Waals surface area contributed by atoms with Crippen LogP contribution in [-0.4, -0.2) is 30.0 Å². The summed E-state index contributed by atoms with van der Waals surface area (Å²) in [5, 5.41) is 7.27. The van der Waals surface area contributed by atoms with Crippen LogP contribution in [0.2, 0.25) is 0 Å². The molecule has 1 aromatic rings. The molecule has 2 aliphatic rings. The van der Waals surface area contributed by atoms with Gasteiger partial charge in [-0.15, -0.1) is 0 Å². The van der Waals surface area contributed by atoms with Gasteiger partial charge in [-0.25, -0.2) is 0 Å². The summed E-state index contributed by atoms with van der Waals surface area (Å²) < 4.78 is 0. The second kappa shape index (κ2) is 6.19. The molecule has 2 N–H and O–H groups in total. The van der Waals surface area contributed by atoms with E-state index in [1.807, 2.05) is 17.8 Å². The summed E-state index contributed by atoms with van der Waals surface area (Å²) >= 11 is 1.92. The minimum atomic E-state index is 0.0881. The van der Waals surface area contributed by atoms with Gasteiger partial charge in [-0.3, -0.25) is 4.79 Å². The van der Waals surface area contributed by atoms with Crippen LogP contribution in [0.15, 0.2) is 18.2 Å². The van der Waals surface area contributed by atoms with E-state index in [-0.39, 0.29) is 5.91 Å². The maximum atomic E-state index is 12.3. The van der Waals surface area contributed by atoms with Crippen LogP contribution in [0.5, 0.6) is 0 Å². The number of rotatable bonds is 3. The van der Waals surface area contributed by atoms with Crippen molar-refractivity contribution in [3.05, 3.63) is 34.9 Å². The Morgan fingerprint density at radius 3 is 3.05 bits per heavy atom. The number of hydrogen-bond acceptors (Lipinski definition) is 3. The van der Waals surface area contributed by atoms with Gasteiger partial charge in [0.25, 0.3) is 5.91 Å². The molecule has 1 amide bonds. The summed E-state index contributed by atoms with van der Waals surface area (Å²) in [6, 6.07) is 6.50. The molecule has 1 saturated carbocycles. The maximum Gasteiger partial charge on any atom is 0.251 e. The Hall–Kier alpha value is -1.00. The molecule has 0 saturated heterocycles. The number of nitrogens with one attached hydrogen (secondary N) is 2. The lowest BCUT2D eigenvalue weighted by molar-refractivity contribution is 0.0938. The molecule has 3 rings (SSSR count). The van der Waals surface area contributed by atoms with Gasteiger partial charge in [0, 0.05) is 23.4 Å². The van der Waals surface area contributed by atoms with E-state index in [1.54, 1.807) is 0 Å². The Morgan fingerprint density at radius 1 is 1.35 bits per heavy atom. The first-order valence-corrected chi connectivity index (χ1v) is 8.71. The maximum absolute atomic E-state index is 12.3. The van der Waals surface area contributed by atoms with Crippen molar-refractivity contribution in [3.8, 4) is 0 Å². The van der Waals surface area contributed by atoms with Crippen LogP contribution in [0, 0.1) is 0 Å². The van der Waals surface area contributed by atoms with Crippen molar-refractivity contribution in [2.75, 3.05) is 12.8 Å². The zero-order valence-corrected chi connectivity index (χ0v) is 12.8. The number of fused-ring (bicyclic) bond motifs is 1. The fourth-order valence-electron chi connectivity index (χ4n) is 3.18. The Bertz CT molecular complexity index is 503. The Balaban J connectivity index is 1.65. The normalized spacial score (nSPS) is 25.2. The molecular formula is C16H22N2OS. The van der Waals surface area contributed by atoms with Crippen molar-refractivity contribution in [2.45, 2.75) is 43.5 Å². The van der Waals surface area contributed by atoms with Gasteiger partial charge in [-0.1, -0.05) is 6.07 Å². The number of hydrogen-bond donors (Lipinski definition) is 2. The van der Waals surface area contributed by atoms with Crippen LogP contribution >= 0.6 is 11.8 Å². The zero-order chi connectivity index (χ0) is 13.9. The van der Waals surface area contributed by atoms with Crippen molar-refractivity contribution in [1.82, 2.24) is 10.6 Å². The molecule has 0 spiro atoms. The van der Waals surface area contributed by atoms with Crippen LogP contribution in [0.25, 0.3) is 0 Å². The van der Waals surface area contributed by atoms with Gasteiger partial charge >= 0.3 is 0 Å². The molecule has 108 valence electrons. The van der Waals surface area contributed by atoms with Gasteiger partial charge in [0.1, 0.15) is 0 Å².